The number of carbonyl (C=O) groups is 3. The number of aliphatic carboxylic acids is 1. The van der Waals surface area contributed by atoms with Crippen LogP contribution in [0.3, 0.4) is 0 Å². The first-order chi connectivity index (χ1) is 6.56. The van der Waals surface area contributed by atoms with Gasteiger partial charge in [-0.3, -0.25) is 9.69 Å². The van der Waals surface area contributed by atoms with Crippen LogP contribution in [0.4, 0.5) is 4.79 Å². The molecule has 1 saturated heterocycles. The third-order valence-electron chi connectivity index (χ3n) is 1.84. The summed E-state index contributed by atoms with van der Waals surface area (Å²) in [7, 11) is 0. The summed E-state index contributed by atoms with van der Waals surface area (Å²) in [6.07, 6.45) is -0.277. The highest BCUT2D eigenvalue weighted by Crippen LogP contribution is 2.07. The highest BCUT2D eigenvalue weighted by Gasteiger charge is 2.34. The molecule has 7 nitrogen and oxygen atoms in total. The summed E-state index contributed by atoms with van der Waals surface area (Å²) >= 11 is 0. The van der Waals surface area contributed by atoms with Crippen molar-refractivity contribution in [2.75, 3.05) is 13.2 Å². The Morgan fingerprint density at radius 2 is 2.21 bits per heavy atom. The lowest BCUT2D eigenvalue weighted by molar-refractivity contribution is -0.144. The Morgan fingerprint density at radius 3 is 2.64 bits per heavy atom. The smallest absolute Gasteiger partial charge is 0.326 e. The van der Waals surface area contributed by atoms with Gasteiger partial charge in [0.05, 0.1) is 19.6 Å². The van der Waals surface area contributed by atoms with E-state index in [4.69, 9.17) is 10.2 Å². The van der Waals surface area contributed by atoms with Gasteiger partial charge in [0.15, 0.2) is 0 Å². The SMILES string of the molecule is O=C(O)C1CC(=O)N(CCO)C(=O)N1. The van der Waals surface area contributed by atoms with Gasteiger partial charge in [-0.1, -0.05) is 0 Å². The van der Waals surface area contributed by atoms with Crippen molar-refractivity contribution in [1.29, 1.82) is 0 Å². The second kappa shape index (κ2) is 4.05. The number of carbonyl (C=O) groups excluding carboxylic acids is 2. The summed E-state index contributed by atoms with van der Waals surface area (Å²) in [5.41, 5.74) is 0. The fourth-order valence-corrected chi connectivity index (χ4v) is 1.15. The van der Waals surface area contributed by atoms with E-state index in [1.54, 1.807) is 0 Å². The molecule has 1 unspecified atom stereocenters. The number of aliphatic hydroxyl groups is 1. The van der Waals surface area contributed by atoms with Crippen molar-refractivity contribution < 1.29 is 24.6 Å². The topological polar surface area (TPSA) is 107 Å². The highest BCUT2D eigenvalue weighted by atomic mass is 16.4. The van der Waals surface area contributed by atoms with Gasteiger partial charge < -0.3 is 15.5 Å². The second-order valence-corrected chi connectivity index (χ2v) is 2.81. The summed E-state index contributed by atoms with van der Waals surface area (Å²) in [5, 5.41) is 19.2. The Hall–Kier alpha value is -1.63. The highest BCUT2D eigenvalue weighted by molar-refractivity contribution is 6.01. The van der Waals surface area contributed by atoms with Gasteiger partial charge in [-0.2, -0.15) is 0 Å². The van der Waals surface area contributed by atoms with Crippen LogP contribution in [-0.2, 0) is 9.59 Å². The van der Waals surface area contributed by atoms with Crippen LogP contribution in [0.1, 0.15) is 6.42 Å². The number of amides is 3. The predicted molar refractivity (Wildman–Crippen MR) is 43.4 cm³/mol. The van der Waals surface area contributed by atoms with Crippen molar-refractivity contribution in [3.05, 3.63) is 0 Å². The zero-order valence-electron chi connectivity index (χ0n) is 7.27. The van der Waals surface area contributed by atoms with E-state index in [-0.39, 0.29) is 19.6 Å². The van der Waals surface area contributed by atoms with Gasteiger partial charge in [0.2, 0.25) is 5.91 Å². The van der Waals surface area contributed by atoms with Crippen molar-refractivity contribution in [2.45, 2.75) is 12.5 Å². The molecule has 3 N–H and O–H groups in total. The fraction of sp³-hybridized carbons (Fsp3) is 0.571. The molecule has 1 rings (SSSR count). The molecule has 0 aromatic rings. The first-order valence-corrected chi connectivity index (χ1v) is 4.00. The Morgan fingerprint density at radius 1 is 1.57 bits per heavy atom. The monoisotopic (exact) mass is 202 g/mol. The molecule has 0 aromatic heterocycles. The molecule has 1 atom stereocenters. The minimum atomic E-state index is -1.24. The Balaban J connectivity index is 2.68. The molecule has 0 aromatic carbocycles. The molecule has 0 spiro atoms. The third kappa shape index (κ3) is 1.99. The van der Waals surface area contributed by atoms with Crippen molar-refractivity contribution in [1.82, 2.24) is 10.2 Å². The number of aliphatic hydroxyl groups excluding tert-OH is 1. The van der Waals surface area contributed by atoms with Crippen LogP contribution in [0.2, 0.25) is 0 Å². The molecule has 1 aliphatic rings. The van der Waals surface area contributed by atoms with Gasteiger partial charge in [-0.25, -0.2) is 9.59 Å². The first kappa shape index (κ1) is 10.5. The maximum absolute atomic E-state index is 11.2. The first-order valence-electron chi connectivity index (χ1n) is 4.00. The minimum Gasteiger partial charge on any atom is -0.480 e. The van der Waals surface area contributed by atoms with Crippen LogP contribution < -0.4 is 5.32 Å². The van der Waals surface area contributed by atoms with Gasteiger partial charge in [-0.15, -0.1) is 0 Å². The fourth-order valence-electron chi connectivity index (χ4n) is 1.15. The van der Waals surface area contributed by atoms with Crippen molar-refractivity contribution in [3.8, 4) is 0 Å². The Kier molecular flexibility index (Phi) is 3.03. The van der Waals surface area contributed by atoms with E-state index in [0.29, 0.717) is 0 Å². The molecule has 1 heterocycles. The van der Waals surface area contributed by atoms with Crippen LogP contribution in [0.15, 0.2) is 0 Å². The van der Waals surface area contributed by atoms with E-state index in [1.165, 1.54) is 0 Å². The molecular formula is C7H10N2O5. The average Bonchev–Trinajstić information content (AvgIpc) is 2.10. The van der Waals surface area contributed by atoms with E-state index < -0.39 is 23.9 Å². The molecule has 14 heavy (non-hydrogen) atoms. The largest absolute Gasteiger partial charge is 0.480 e. The number of carboxylic acid groups (broad SMARTS) is 1. The lowest BCUT2D eigenvalue weighted by atomic mass is 10.1. The number of nitrogens with one attached hydrogen (secondary N) is 1. The number of carboxylic acids is 1. The Labute approximate surface area is 79.3 Å². The van der Waals surface area contributed by atoms with Crippen LogP contribution in [-0.4, -0.2) is 52.2 Å². The predicted octanol–water partition coefficient (Wildman–Crippen LogP) is -1.63. The number of hydrogen-bond donors (Lipinski definition) is 3. The van der Waals surface area contributed by atoms with E-state index in [2.05, 4.69) is 5.32 Å². The maximum atomic E-state index is 11.2. The van der Waals surface area contributed by atoms with E-state index >= 15 is 0 Å². The van der Waals surface area contributed by atoms with E-state index in [1.807, 2.05) is 0 Å². The summed E-state index contributed by atoms with van der Waals surface area (Å²) in [6.45, 7) is -0.450. The van der Waals surface area contributed by atoms with Gasteiger partial charge in [0.25, 0.3) is 0 Å². The number of nitrogens with zero attached hydrogens (tertiary/aromatic N) is 1. The third-order valence-corrected chi connectivity index (χ3v) is 1.84. The molecule has 7 heteroatoms. The van der Waals surface area contributed by atoms with Crippen LogP contribution in [0.25, 0.3) is 0 Å². The van der Waals surface area contributed by atoms with Gasteiger partial charge in [0, 0.05) is 0 Å². The average molecular weight is 202 g/mol. The number of urea groups is 1. The molecule has 78 valence electrons. The molecule has 0 radical (unpaired) electrons. The molecule has 1 fully saturated rings. The summed E-state index contributed by atoms with van der Waals surface area (Å²) in [5.74, 6) is -1.83. The van der Waals surface area contributed by atoms with Crippen molar-refractivity contribution in [3.63, 3.8) is 0 Å². The Bertz CT molecular complexity index is 259. The lowest BCUT2D eigenvalue weighted by Crippen LogP contribution is -2.57. The molecule has 0 aliphatic carbocycles. The van der Waals surface area contributed by atoms with E-state index in [0.717, 1.165) is 4.90 Å². The normalized spacial score (nSPS) is 22.1. The van der Waals surface area contributed by atoms with E-state index in [9.17, 15) is 14.4 Å². The summed E-state index contributed by atoms with van der Waals surface area (Å²) < 4.78 is 0. The van der Waals surface area contributed by atoms with Crippen molar-refractivity contribution in [2.24, 2.45) is 0 Å². The van der Waals surface area contributed by atoms with Crippen LogP contribution in [0.5, 0.6) is 0 Å². The van der Waals surface area contributed by atoms with Gasteiger partial charge in [-0.05, 0) is 0 Å². The molecule has 3 amide bonds. The zero-order chi connectivity index (χ0) is 10.7. The molecule has 0 bridgehead atoms. The number of imide groups is 1. The zero-order valence-corrected chi connectivity index (χ0v) is 7.27. The summed E-state index contributed by atoms with van der Waals surface area (Å²) in [6, 6.07) is -1.94. The number of hydrogen-bond acceptors (Lipinski definition) is 4. The van der Waals surface area contributed by atoms with Gasteiger partial charge in [0.1, 0.15) is 6.04 Å². The second-order valence-electron chi connectivity index (χ2n) is 2.81. The van der Waals surface area contributed by atoms with Crippen molar-refractivity contribution >= 4 is 17.9 Å². The number of β-amino-alcohol motifs (C(OH)–C–C–N with tert-alkyl or cyclic N) is 1. The molecule has 1 aliphatic heterocycles. The van der Waals surface area contributed by atoms with Crippen LogP contribution >= 0.6 is 0 Å². The standard InChI is InChI=1S/C7H10N2O5/c10-2-1-9-5(11)3-4(6(12)13)8-7(9)14/h4,10H,1-3H2,(H,8,14)(H,12,13). The van der Waals surface area contributed by atoms with Gasteiger partial charge >= 0.3 is 12.0 Å². The minimum absolute atomic E-state index is 0.114. The maximum Gasteiger partial charge on any atom is 0.326 e. The number of rotatable bonds is 3. The molecule has 0 saturated carbocycles. The quantitative estimate of drug-likeness (QED) is 0.509. The summed E-state index contributed by atoms with van der Waals surface area (Å²) in [4.78, 5) is 33.6. The lowest BCUT2D eigenvalue weighted by Gasteiger charge is -2.28. The van der Waals surface area contributed by atoms with Crippen LogP contribution in [0, 0.1) is 0 Å². The molecular weight excluding hydrogens is 192 g/mol.